The molecule has 9 aromatic carbocycles. The van der Waals surface area contributed by atoms with Crippen LogP contribution in [0.3, 0.4) is 0 Å². The second-order valence-electron chi connectivity index (χ2n) is 25.4. The fourth-order valence-electron chi connectivity index (χ4n) is 14.4. The van der Waals surface area contributed by atoms with Crippen molar-refractivity contribution in [2.75, 3.05) is 9.80 Å². The number of nitrogens with zero attached hydrogens (tertiary/aromatic N) is 2. The zero-order chi connectivity index (χ0) is 51.9. The van der Waals surface area contributed by atoms with Crippen molar-refractivity contribution in [3.63, 3.8) is 0 Å². The van der Waals surface area contributed by atoms with E-state index >= 15 is 0 Å². The van der Waals surface area contributed by atoms with Gasteiger partial charge in [0.05, 0.1) is 0 Å². The van der Waals surface area contributed by atoms with Gasteiger partial charge in [0.1, 0.15) is 0 Å². The van der Waals surface area contributed by atoms with E-state index in [0.717, 1.165) is 0 Å². The largest absolute Gasteiger partial charge is 0.311 e. The van der Waals surface area contributed by atoms with E-state index in [1.54, 1.807) is 0 Å². The minimum Gasteiger partial charge on any atom is -0.311 e. The van der Waals surface area contributed by atoms with Crippen LogP contribution in [0.2, 0.25) is 0 Å². The summed E-state index contributed by atoms with van der Waals surface area (Å²) in [4.78, 5) is 5.33. The quantitative estimate of drug-likeness (QED) is 0.163. The number of fused-ring (bicyclic) bond motifs is 11. The third-order valence-electron chi connectivity index (χ3n) is 18.6. The van der Waals surface area contributed by atoms with Gasteiger partial charge in [0.2, 0.25) is 0 Å². The van der Waals surface area contributed by atoms with Crippen molar-refractivity contribution >= 4 is 88.7 Å². The Morgan fingerprint density at radius 2 is 0.893 bits per heavy atom. The van der Waals surface area contributed by atoms with Crippen LogP contribution in [-0.4, -0.2) is 6.71 Å². The van der Waals surface area contributed by atoms with Gasteiger partial charge in [-0.3, -0.25) is 0 Å². The summed E-state index contributed by atoms with van der Waals surface area (Å²) < 4.78 is 2.67. The average molecular weight is 989 g/mol. The maximum atomic E-state index is 2.69. The highest BCUT2D eigenvalue weighted by Gasteiger charge is 2.49. The van der Waals surface area contributed by atoms with E-state index < -0.39 is 0 Å². The number of rotatable bonds is 3. The van der Waals surface area contributed by atoms with Crippen molar-refractivity contribution in [2.24, 2.45) is 0 Å². The van der Waals surface area contributed by atoms with Crippen molar-refractivity contribution < 1.29 is 0 Å². The van der Waals surface area contributed by atoms with Gasteiger partial charge in [-0.2, -0.15) is 0 Å². The van der Waals surface area contributed by atoms with Gasteiger partial charge in [-0.05, 0) is 156 Å². The van der Waals surface area contributed by atoms with Crippen molar-refractivity contribution in [3.05, 3.63) is 232 Å². The highest BCUT2D eigenvalue weighted by molar-refractivity contribution is 7.26. The van der Waals surface area contributed by atoms with E-state index in [9.17, 15) is 0 Å². The lowest BCUT2D eigenvalue weighted by molar-refractivity contribution is 0.520. The van der Waals surface area contributed by atoms with Crippen LogP contribution in [0.1, 0.15) is 132 Å². The van der Waals surface area contributed by atoms with Gasteiger partial charge in [0.15, 0.2) is 0 Å². The Labute approximate surface area is 448 Å². The molecule has 0 amide bonds. The Bertz CT molecular complexity index is 4090. The summed E-state index contributed by atoms with van der Waals surface area (Å²) in [7, 11) is 0. The molecule has 0 spiro atoms. The van der Waals surface area contributed by atoms with E-state index in [2.05, 4.69) is 269 Å². The molecule has 0 radical (unpaired) electrons. The molecule has 368 valence electrons. The molecule has 0 unspecified atom stereocenters. The van der Waals surface area contributed by atoms with Crippen LogP contribution in [0.5, 0.6) is 0 Å². The minimum atomic E-state index is -0.244. The molecule has 0 bridgehead atoms. The lowest BCUT2D eigenvalue weighted by atomic mass is 9.33. The number of thiophene rings is 1. The molecule has 4 heteroatoms. The number of para-hydroxylation sites is 1. The smallest absolute Gasteiger partial charge is 0.252 e. The van der Waals surface area contributed by atoms with Gasteiger partial charge in [-0.25, -0.2) is 0 Å². The fraction of sp³-hybridized carbons (Fsp3) is 0.239. The van der Waals surface area contributed by atoms with E-state index in [-0.39, 0.29) is 33.8 Å². The maximum Gasteiger partial charge on any atom is 0.252 e. The lowest BCUT2D eigenvalue weighted by Crippen LogP contribution is -2.62. The Kier molecular flexibility index (Phi) is 9.58. The number of benzene rings is 9. The molecule has 0 saturated carbocycles. The molecule has 0 fully saturated rings. The summed E-state index contributed by atoms with van der Waals surface area (Å²) in [6.45, 7) is 28.8. The first-order chi connectivity index (χ1) is 35.8. The Morgan fingerprint density at radius 3 is 1.52 bits per heavy atom. The van der Waals surface area contributed by atoms with Crippen LogP contribution in [0.15, 0.2) is 176 Å². The molecule has 10 aromatic rings. The van der Waals surface area contributed by atoms with Crippen molar-refractivity contribution in [1.82, 2.24) is 0 Å². The number of anilines is 6. The molecule has 14 rings (SSSR count). The van der Waals surface area contributed by atoms with Crippen LogP contribution in [-0.2, 0) is 27.1 Å². The van der Waals surface area contributed by atoms with Crippen LogP contribution in [0, 0.1) is 6.92 Å². The second-order valence-corrected chi connectivity index (χ2v) is 26.5. The highest BCUT2D eigenvalue weighted by atomic mass is 32.1. The zero-order valence-electron chi connectivity index (χ0n) is 45.6. The summed E-state index contributed by atoms with van der Waals surface area (Å²) in [6.07, 6.45) is 0. The summed E-state index contributed by atoms with van der Waals surface area (Å²) in [6, 6.07) is 68.8. The number of aryl methyl sites for hydroxylation is 1. The van der Waals surface area contributed by atoms with Gasteiger partial charge in [0.25, 0.3) is 6.71 Å². The van der Waals surface area contributed by atoms with Crippen LogP contribution in [0.4, 0.5) is 34.1 Å². The predicted molar refractivity (Wildman–Crippen MR) is 324 cm³/mol. The molecular formula is C71H65BN2S. The van der Waals surface area contributed by atoms with E-state index in [0.29, 0.717) is 0 Å². The summed E-state index contributed by atoms with van der Waals surface area (Å²) >= 11 is 1.94. The van der Waals surface area contributed by atoms with Crippen molar-refractivity contribution in [2.45, 2.75) is 110 Å². The third kappa shape index (κ3) is 6.39. The molecular weight excluding hydrogens is 924 g/mol. The van der Waals surface area contributed by atoms with E-state index in [1.165, 1.54) is 137 Å². The summed E-state index contributed by atoms with van der Waals surface area (Å²) in [5.41, 5.74) is 26.9. The van der Waals surface area contributed by atoms with Crippen LogP contribution >= 0.6 is 11.3 Å². The fourth-order valence-corrected chi connectivity index (χ4v) is 15.5. The third-order valence-corrected chi connectivity index (χ3v) is 19.8. The van der Waals surface area contributed by atoms with Gasteiger partial charge < -0.3 is 9.80 Å². The first-order valence-corrected chi connectivity index (χ1v) is 28.0. The molecule has 2 aliphatic carbocycles. The van der Waals surface area contributed by atoms with Crippen molar-refractivity contribution in [1.29, 1.82) is 0 Å². The monoisotopic (exact) mass is 988 g/mol. The van der Waals surface area contributed by atoms with Gasteiger partial charge in [-0.15, -0.1) is 11.3 Å². The first-order valence-electron chi connectivity index (χ1n) is 27.2. The first kappa shape index (κ1) is 46.4. The molecule has 0 saturated heterocycles. The molecule has 75 heavy (non-hydrogen) atoms. The second kappa shape index (κ2) is 15.5. The summed E-state index contributed by atoms with van der Waals surface area (Å²) in [5, 5.41) is 2.66. The summed E-state index contributed by atoms with van der Waals surface area (Å²) in [5.74, 6) is 0. The van der Waals surface area contributed by atoms with Crippen LogP contribution < -0.4 is 26.2 Å². The normalized spacial score (nSPS) is 16.9. The number of hydrogen-bond acceptors (Lipinski definition) is 3. The Hall–Kier alpha value is -7.14. The maximum absolute atomic E-state index is 2.69. The SMILES string of the molecule is Cc1ccccc1N1c2cc3c(cc2B2c4cc5c(cc4N(c4ccc6c(c4)C(C)(C)c4ccccc4C6(C)C)c4cc(-c6ccccc6)cc1c42)C(C)(C)c1ccccc1C5(C)C)sc1ccc(C(C)(C)C)cc13. The molecule has 1 aromatic heterocycles. The lowest BCUT2D eigenvalue weighted by Gasteiger charge is -2.48. The average Bonchev–Trinajstić information content (AvgIpc) is 3.80. The van der Waals surface area contributed by atoms with Crippen molar-refractivity contribution in [3.8, 4) is 11.1 Å². The minimum absolute atomic E-state index is 0.0290. The van der Waals surface area contributed by atoms with Gasteiger partial charge in [0, 0.05) is 76.0 Å². The molecule has 0 N–H and O–H groups in total. The Balaban J connectivity index is 1.13. The standard InChI is InChI=1S/C71H65BN2S/c1-42-22-16-21-29-59(42)74-60-38-48-47-36-45(67(2,3)4)30-33-64(47)75-65(48)41-58(60)72-57-39-55-56(71(11,12)52-28-20-19-27-51(52)70(55,9)10)40-61(57)73(62-34-44(35-63(74)66(62)72)43-23-14-13-15-24-43)46-31-32-53-54(37-46)69(7,8)50-26-18-17-25-49(50)68(53,5)6/h13-41H,1-12H3. The highest BCUT2D eigenvalue weighted by Crippen LogP contribution is 2.56. The molecule has 4 aliphatic rings. The van der Waals surface area contributed by atoms with Crippen LogP contribution in [0.25, 0.3) is 31.3 Å². The van der Waals surface area contributed by atoms with E-state index in [4.69, 9.17) is 0 Å². The Morgan fingerprint density at radius 1 is 0.387 bits per heavy atom. The van der Waals surface area contributed by atoms with Gasteiger partial charge >= 0.3 is 0 Å². The molecule has 3 heterocycles. The molecule has 0 atom stereocenters. The number of hydrogen-bond donors (Lipinski definition) is 0. The van der Waals surface area contributed by atoms with E-state index in [1.807, 2.05) is 11.3 Å². The van der Waals surface area contributed by atoms with Gasteiger partial charge in [-0.1, -0.05) is 191 Å². The molecule has 2 aliphatic heterocycles. The predicted octanol–water partition coefficient (Wildman–Crippen LogP) is 17.3. The zero-order valence-corrected chi connectivity index (χ0v) is 46.4. The molecule has 2 nitrogen and oxygen atoms in total. The topological polar surface area (TPSA) is 6.48 Å².